The van der Waals surface area contributed by atoms with E-state index in [1.54, 1.807) is 12.1 Å². The number of unbranched alkanes of at least 4 members (excludes halogenated alkanes) is 2. The maximum absolute atomic E-state index is 14.1. The minimum atomic E-state index is -0.258. The SMILES string of the molecule is CCCCN(CCCC)C(CN)c1c(F)cccc1Cl. The number of nitrogens with two attached hydrogens (primary N) is 1. The Morgan fingerprint density at radius 3 is 2.25 bits per heavy atom. The van der Waals surface area contributed by atoms with Gasteiger partial charge in [-0.05, 0) is 38.1 Å². The molecule has 2 N–H and O–H groups in total. The summed E-state index contributed by atoms with van der Waals surface area (Å²) in [6.07, 6.45) is 4.41. The van der Waals surface area contributed by atoms with Crippen LogP contribution in [0.1, 0.15) is 51.1 Å². The van der Waals surface area contributed by atoms with Gasteiger partial charge in [-0.25, -0.2) is 4.39 Å². The summed E-state index contributed by atoms with van der Waals surface area (Å²) < 4.78 is 14.1. The van der Waals surface area contributed by atoms with E-state index < -0.39 is 0 Å². The largest absolute Gasteiger partial charge is 0.329 e. The summed E-state index contributed by atoms with van der Waals surface area (Å²) in [6, 6.07) is 4.70. The highest BCUT2D eigenvalue weighted by Crippen LogP contribution is 2.30. The molecule has 0 radical (unpaired) electrons. The Morgan fingerprint density at radius 1 is 1.20 bits per heavy atom. The molecule has 20 heavy (non-hydrogen) atoms. The van der Waals surface area contributed by atoms with E-state index in [0.29, 0.717) is 17.1 Å². The Labute approximate surface area is 127 Å². The van der Waals surface area contributed by atoms with Crippen LogP contribution in [0.3, 0.4) is 0 Å². The second-order valence-electron chi connectivity index (χ2n) is 5.13. The van der Waals surface area contributed by atoms with E-state index in [1.165, 1.54) is 6.07 Å². The highest BCUT2D eigenvalue weighted by molar-refractivity contribution is 6.31. The normalized spacial score (nSPS) is 12.9. The van der Waals surface area contributed by atoms with Crippen molar-refractivity contribution in [3.8, 4) is 0 Å². The Kier molecular flexibility index (Phi) is 8.12. The van der Waals surface area contributed by atoms with Crippen molar-refractivity contribution in [1.82, 2.24) is 4.90 Å². The van der Waals surface area contributed by atoms with E-state index in [9.17, 15) is 4.39 Å². The van der Waals surface area contributed by atoms with Crippen molar-refractivity contribution in [2.45, 2.75) is 45.6 Å². The summed E-state index contributed by atoms with van der Waals surface area (Å²) in [7, 11) is 0. The molecule has 0 amide bonds. The predicted molar refractivity (Wildman–Crippen MR) is 84.6 cm³/mol. The standard InChI is InChI=1S/C16H26ClFN2/c1-3-5-10-20(11-6-4-2)15(12-19)16-13(17)8-7-9-14(16)18/h7-9,15H,3-6,10-12,19H2,1-2H3. The molecule has 0 saturated carbocycles. The summed E-state index contributed by atoms with van der Waals surface area (Å²) in [5.74, 6) is -0.258. The zero-order valence-corrected chi connectivity index (χ0v) is 13.3. The lowest BCUT2D eigenvalue weighted by Crippen LogP contribution is -2.36. The molecule has 0 aliphatic heterocycles. The van der Waals surface area contributed by atoms with Gasteiger partial charge in [-0.1, -0.05) is 44.4 Å². The average Bonchev–Trinajstić information content (AvgIpc) is 2.44. The zero-order chi connectivity index (χ0) is 15.0. The molecule has 0 saturated heterocycles. The maximum Gasteiger partial charge on any atom is 0.129 e. The fourth-order valence-electron chi connectivity index (χ4n) is 2.42. The number of nitrogens with zero attached hydrogens (tertiary/aromatic N) is 1. The van der Waals surface area contributed by atoms with Gasteiger partial charge in [-0.3, -0.25) is 4.90 Å². The first-order chi connectivity index (χ1) is 9.65. The van der Waals surface area contributed by atoms with Crippen molar-refractivity contribution in [2.75, 3.05) is 19.6 Å². The van der Waals surface area contributed by atoms with Gasteiger partial charge in [-0.15, -0.1) is 0 Å². The first kappa shape index (κ1) is 17.4. The quantitative estimate of drug-likeness (QED) is 0.733. The summed E-state index contributed by atoms with van der Waals surface area (Å²) in [5.41, 5.74) is 6.47. The molecule has 1 atom stereocenters. The van der Waals surface area contributed by atoms with Gasteiger partial charge < -0.3 is 5.73 Å². The average molecular weight is 301 g/mol. The molecule has 0 bridgehead atoms. The zero-order valence-electron chi connectivity index (χ0n) is 12.5. The van der Waals surface area contributed by atoms with Crippen LogP contribution in [0.25, 0.3) is 0 Å². The molecule has 1 aromatic carbocycles. The van der Waals surface area contributed by atoms with Gasteiger partial charge in [-0.2, -0.15) is 0 Å². The van der Waals surface area contributed by atoms with Gasteiger partial charge in [0.25, 0.3) is 0 Å². The number of hydrogen-bond donors (Lipinski definition) is 1. The van der Waals surface area contributed by atoms with Crippen LogP contribution in [0.5, 0.6) is 0 Å². The van der Waals surface area contributed by atoms with E-state index in [4.69, 9.17) is 17.3 Å². The van der Waals surface area contributed by atoms with Crippen LogP contribution in [0, 0.1) is 5.82 Å². The van der Waals surface area contributed by atoms with E-state index in [1.807, 2.05) is 0 Å². The monoisotopic (exact) mass is 300 g/mol. The third-order valence-electron chi connectivity index (χ3n) is 3.59. The summed E-state index contributed by atoms with van der Waals surface area (Å²) in [6.45, 7) is 6.57. The minimum absolute atomic E-state index is 0.137. The Balaban J connectivity index is 2.98. The lowest BCUT2D eigenvalue weighted by atomic mass is 10.0. The third-order valence-corrected chi connectivity index (χ3v) is 3.92. The molecule has 0 spiro atoms. The molecule has 1 rings (SSSR count). The van der Waals surface area contributed by atoms with Gasteiger partial charge in [0, 0.05) is 17.1 Å². The maximum atomic E-state index is 14.1. The molecule has 2 nitrogen and oxygen atoms in total. The third kappa shape index (κ3) is 4.72. The summed E-state index contributed by atoms with van der Waals surface area (Å²) in [5, 5.41) is 0.471. The van der Waals surface area contributed by atoms with Crippen LogP contribution in [-0.4, -0.2) is 24.5 Å². The van der Waals surface area contributed by atoms with E-state index in [2.05, 4.69) is 18.7 Å². The second-order valence-corrected chi connectivity index (χ2v) is 5.54. The Bertz CT molecular complexity index is 370. The van der Waals surface area contributed by atoms with E-state index in [0.717, 1.165) is 38.8 Å². The predicted octanol–water partition coefficient (Wildman–Crippen LogP) is 4.38. The van der Waals surface area contributed by atoms with Crippen molar-refractivity contribution in [3.05, 3.63) is 34.6 Å². The highest BCUT2D eigenvalue weighted by atomic mass is 35.5. The van der Waals surface area contributed by atoms with Crippen LogP contribution in [0.15, 0.2) is 18.2 Å². The fourth-order valence-corrected chi connectivity index (χ4v) is 2.71. The second kappa shape index (κ2) is 9.32. The van der Waals surface area contributed by atoms with Crippen molar-refractivity contribution in [3.63, 3.8) is 0 Å². The molecule has 0 aliphatic rings. The fraction of sp³-hybridized carbons (Fsp3) is 0.625. The molecule has 0 fully saturated rings. The van der Waals surface area contributed by atoms with Crippen LogP contribution in [-0.2, 0) is 0 Å². The first-order valence-corrected chi connectivity index (χ1v) is 7.91. The molecule has 1 unspecified atom stereocenters. The van der Waals surface area contributed by atoms with Gasteiger partial charge >= 0.3 is 0 Å². The van der Waals surface area contributed by atoms with Crippen molar-refractivity contribution in [1.29, 1.82) is 0 Å². The summed E-state index contributed by atoms with van der Waals surface area (Å²) >= 11 is 6.19. The lowest BCUT2D eigenvalue weighted by molar-refractivity contribution is 0.192. The topological polar surface area (TPSA) is 29.3 Å². The molecule has 4 heteroatoms. The van der Waals surface area contributed by atoms with Gasteiger partial charge in [0.05, 0.1) is 6.04 Å². The molecular formula is C16H26ClFN2. The van der Waals surface area contributed by atoms with Crippen molar-refractivity contribution >= 4 is 11.6 Å². The first-order valence-electron chi connectivity index (χ1n) is 7.53. The number of rotatable bonds is 9. The molecule has 1 aromatic rings. The van der Waals surface area contributed by atoms with Crippen LogP contribution >= 0.6 is 11.6 Å². The molecular weight excluding hydrogens is 275 g/mol. The van der Waals surface area contributed by atoms with Crippen LogP contribution < -0.4 is 5.73 Å². The number of hydrogen-bond acceptors (Lipinski definition) is 2. The van der Waals surface area contributed by atoms with Crippen molar-refractivity contribution in [2.24, 2.45) is 5.73 Å². The molecule has 0 aliphatic carbocycles. The Hall–Kier alpha value is -0.640. The molecule has 0 aromatic heterocycles. The van der Waals surface area contributed by atoms with Crippen LogP contribution in [0.2, 0.25) is 5.02 Å². The van der Waals surface area contributed by atoms with Crippen molar-refractivity contribution < 1.29 is 4.39 Å². The van der Waals surface area contributed by atoms with E-state index >= 15 is 0 Å². The smallest absolute Gasteiger partial charge is 0.129 e. The van der Waals surface area contributed by atoms with Gasteiger partial charge in [0.15, 0.2) is 0 Å². The minimum Gasteiger partial charge on any atom is -0.329 e. The number of benzene rings is 1. The highest BCUT2D eigenvalue weighted by Gasteiger charge is 2.23. The van der Waals surface area contributed by atoms with E-state index in [-0.39, 0.29) is 11.9 Å². The number of halogens is 2. The van der Waals surface area contributed by atoms with Gasteiger partial charge in [0.2, 0.25) is 0 Å². The van der Waals surface area contributed by atoms with Crippen LogP contribution in [0.4, 0.5) is 4.39 Å². The Morgan fingerprint density at radius 2 is 1.80 bits per heavy atom. The lowest BCUT2D eigenvalue weighted by Gasteiger charge is -2.32. The van der Waals surface area contributed by atoms with Gasteiger partial charge in [0.1, 0.15) is 5.82 Å². The summed E-state index contributed by atoms with van der Waals surface area (Å²) in [4.78, 5) is 2.28. The molecule has 114 valence electrons. The molecule has 0 heterocycles.